The third-order valence-electron chi connectivity index (χ3n) is 4.50. The molecule has 2 heterocycles. The van der Waals surface area contributed by atoms with Gasteiger partial charge in [0.25, 0.3) is 0 Å². The van der Waals surface area contributed by atoms with Crippen molar-refractivity contribution in [2.75, 3.05) is 40.9 Å². The number of carbonyl (C=O) groups excluding carboxylic acids is 1. The molecular weight excluding hydrogens is 319 g/mol. The normalized spacial score (nSPS) is 23.0. The van der Waals surface area contributed by atoms with Crippen LogP contribution >= 0.6 is 0 Å². The van der Waals surface area contributed by atoms with E-state index in [2.05, 4.69) is 11.8 Å². The summed E-state index contributed by atoms with van der Waals surface area (Å²) < 4.78 is 36.9. The van der Waals surface area contributed by atoms with E-state index < -0.39 is 15.8 Å². The minimum atomic E-state index is -3.12. The maximum Gasteiger partial charge on any atom is 0.231 e. The van der Waals surface area contributed by atoms with Crippen molar-refractivity contribution in [2.45, 2.75) is 19.8 Å². The number of hydrogen-bond acceptors (Lipinski definition) is 4. The predicted octanol–water partition coefficient (Wildman–Crippen LogP) is 1.82. The first-order chi connectivity index (χ1) is 10.9. The lowest BCUT2D eigenvalue weighted by molar-refractivity contribution is -0.121. The zero-order valence-electron chi connectivity index (χ0n) is 13.2. The van der Waals surface area contributed by atoms with Crippen molar-refractivity contribution in [3.05, 3.63) is 24.0 Å². The Bertz CT molecular complexity index is 720. The molecule has 1 aromatic carbocycles. The molecule has 3 rings (SSSR count). The van der Waals surface area contributed by atoms with Gasteiger partial charge >= 0.3 is 0 Å². The Morgan fingerprint density at radius 2 is 2.09 bits per heavy atom. The molecule has 126 valence electrons. The van der Waals surface area contributed by atoms with Crippen LogP contribution in [0.5, 0.6) is 0 Å². The zero-order chi connectivity index (χ0) is 16.6. The van der Waals surface area contributed by atoms with Crippen LogP contribution in [-0.2, 0) is 14.6 Å². The monoisotopic (exact) mass is 340 g/mol. The van der Waals surface area contributed by atoms with Crippen LogP contribution < -0.4 is 9.80 Å². The van der Waals surface area contributed by atoms with Gasteiger partial charge in [0, 0.05) is 19.6 Å². The van der Waals surface area contributed by atoms with Crippen LogP contribution in [0.2, 0.25) is 0 Å². The minimum Gasteiger partial charge on any atom is -0.368 e. The molecule has 2 aliphatic rings. The molecule has 7 heteroatoms. The van der Waals surface area contributed by atoms with Crippen LogP contribution in [0.3, 0.4) is 0 Å². The van der Waals surface area contributed by atoms with E-state index in [4.69, 9.17) is 0 Å². The Morgan fingerprint density at radius 3 is 2.74 bits per heavy atom. The second-order valence-corrected chi connectivity index (χ2v) is 8.44. The van der Waals surface area contributed by atoms with Gasteiger partial charge in [0.2, 0.25) is 5.91 Å². The lowest BCUT2D eigenvalue weighted by Crippen LogP contribution is -2.46. The molecule has 1 amide bonds. The van der Waals surface area contributed by atoms with Gasteiger partial charge in [0.15, 0.2) is 9.84 Å². The first kappa shape index (κ1) is 16.2. The largest absolute Gasteiger partial charge is 0.368 e. The summed E-state index contributed by atoms with van der Waals surface area (Å²) in [5.41, 5.74) is 1.40. The number of carbonyl (C=O) groups is 1. The minimum absolute atomic E-state index is 0.0647. The highest BCUT2D eigenvalue weighted by molar-refractivity contribution is 7.91. The molecule has 5 nitrogen and oxygen atoms in total. The quantitative estimate of drug-likeness (QED) is 0.842. The molecule has 0 spiro atoms. The van der Waals surface area contributed by atoms with Gasteiger partial charge in [0.1, 0.15) is 5.82 Å². The van der Waals surface area contributed by atoms with Crippen LogP contribution in [0.25, 0.3) is 0 Å². The van der Waals surface area contributed by atoms with Crippen LogP contribution in [0.4, 0.5) is 15.8 Å². The number of nitrogens with zero attached hydrogens (tertiary/aromatic N) is 2. The summed E-state index contributed by atoms with van der Waals surface area (Å²) in [5, 5.41) is 0. The van der Waals surface area contributed by atoms with Gasteiger partial charge in [-0.15, -0.1) is 0 Å². The fourth-order valence-electron chi connectivity index (χ4n) is 3.38. The second kappa shape index (κ2) is 6.11. The van der Waals surface area contributed by atoms with E-state index in [0.29, 0.717) is 25.2 Å². The van der Waals surface area contributed by atoms with Gasteiger partial charge in [-0.2, -0.15) is 0 Å². The highest BCUT2D eigenvalue weighted by atomic mass is 32.2. The van der Waals surface area contributed by atoms with E-state index in [-0.39, 0.29) is 23.2 Å². The summed E-state index contributed by atoms with van der Waals surface area (Å²) in [6, 6.07) is 4.47. The molecule has 0 saturated carbocycles. The molecule has 0 radical (unpaired) electrons. The highest BCUT2D eigenvalue weighted by Crippen LogP contribution is 2.35. The summed E-state index contributed by atoms with van der Waals surface area (Å²) in [4.78, 5) is 16.5. The van der Waals surface area contributed by atoms with E-state index in [1.165, 1.54) is 12.1 Å². The van der Waals surface area contributed by atoms with Crippen LogP contribution in [0.1, 0.15) is 19.8 Å². The standard InChI is InChI=1S/C16H21FN2O3S/c1-2-6-18-7-8-19(15-10-13(17)3-4-14(15)18)16(20)12-5-9-23(21,22)11-12/h3-4,10,12H,2,5-9,11H2,1H3/t12-/m0/s1. The number of anilines is 2. The van der Waals surface area contributed by atoms with E-state index in [9.17, 15) is 17.6 Å². The second-order valence-electron chi connectivity index (χ2n) is 6.21. The van der Waals surface area contributed by atoms with Gasteiger partial charge in [-0.3, -0.25) is 4.79 Å². The van der Waals surface area contributed by atoms with Gasteiger partial charge in [-0.1, -0.05) is 6.92 Å². The molecule has 1 fully saturated rings. The molecule has 0 aromatic heterocycles. The van der Waals surface area contributed by atoms with Crippen LogP contribution in [-0.4, -0.2) is 45.5 Å². The van der Waals surface area contributed by atoms with Gasteiger partial charge < -0.3 is 9.80 Å². The summed E-state index contributed by atoms with van der Waals surface area (Å²) in [5.74, 6) is -1.12. The Labute approximate surface area is 136 Å². The van der Waals surface area contributed by atoms with E-state index in [1.807, 2.05) is 0 Å². The zero-order valence-corrected chi connectivity index (χ0v) is 14.0. The first-order valence-corrected chi connectivity index (χ1v) is 9.79. The molecule has 1 atom stereocenters. The van der Waals surface area contributed by atoms with Crippen LogP contribution in [0, 0.1) is 11.7 Å². The Balaban J connectivity index is 1.90. The summed E-state index contributed by atoms with van der Waals surface area (Å²) in [6.07, 6.45) is 1.33. The van der Waals surface area contributed by atoms with E-state index in [0.717, 1.165) is 18.7 Å². The maximum atomic E-state index is 13.7. The van der Waals surface area contributed by atoms with Crippen molar-refractivity contribution in [1.29, 1.82) is 0 Å². The Kier molecular flexibility index (Phi) is 4.31. The van der Waals surface area contributed by atoms with Crippen molar-refractivity contribution >= 4 is 27.1 Å². The van der Waals surface area contributed by atoms with Gasteiger partial charge in [-0.05, 0) is 31.0 Å². The molecule has 1 saturated heterocycles. The lowest BCUT2D eigenvalue weighted by atomic mass is 10.0. The Hall–Kier alpha value is -1.63. The average molecular weight is 340 g/mol. The van der Waals surface area contributed by atoms with Crippen molar-refractivity contribution in [3.63, 3.8) is 0 Å². The fourth-order valence-corrected chi connectivity index (χ4v) is 5.12. The molecule has 0 aliphatic carbocycles. The summed E-state index contributed by atoms with van der Waals surface area (Å²) >= 11 is 0. The molecule has 23 heavy (non-hydrogen) atoms. The molecule has 2 aliphatic heterocycles. The van der Waals surface area contributed by atoms with Crippen molar-refractivity contribution in [1.82, 2.24) is 0 Å². The maximum absolute atomic E-state index is 13.7. The number of sulfone groups is 1. The molecule has 1 aromatic rings. The smallest absolute Gasteiger partial charge is 0.231 e. The molecule has 0 bridgehead atoms. The third-order valence-corrected chi connectivity index (χ3v) is 6.27. The van der Waals surface area contributed by atoms with Crippen molar-refractivity contribution in [3.8, 4) is 0 Å². The molecule has 0 unspecified atom stereocenters. The highest BCUT2D eigenvalue weighted by Gasteiger charge is 2.37. The number of halogens is 1. The SMILES string of the molecule is CCCN1CCN(C(=O)[C@H]2CCS(=O)(=O)C2)c2cc(F)ccc21. The third kappa shape index (κ3) is 3.20. The van der Waals surface area contributed by atoms with Crippen LogP contribution in [0.15, 0.2) is 18.2 Å². The van der Waals surface area contributed by atoms with E-state index in [1.54, 1.807) is 11.0 Å². The van der Waals surface area contributed by atoms with Gasteiger partial charge in [0.05, 0.1) is 28.8 Å². The van der Waals surface area contributed by atoms with Crippen molar-refractivity contribution in [2.24, 2.45) is 5.92 Å². The van der Waals surface area contributed by atoms with Crippen molar-refractivity contribution < 1.29 is 17.6 Å². The molecular formula is C16H21FN2O3S. The van der Waals surface area contributed by atoms with E-state index >= 15 is 0 Å². The number of benzene rings is 1. The summed E-state index contributed by atoms with van der Waals surface area (Å²) in [6.45, 7) is 4.06. The number of amides is 1. The fraction of sp³-hybridized carbons (Fsp3) is 0.562. The molecule has 0 N–H and O–H groups in total. The lowest BCUT2D eigenvalue weighted by Gasteiger charge is -2.38. The first-order valence-electron chi connectivity index (χ1n) is 7.97. The Morgan fingerprint density at radius 1 is 1.30 bits per heavy atom. The number of rotatable bonds is 3. The summed E-state index contributed by atoms with van der Waals surface area (Å²) in [7, 11) is -3.12. The predicted molar refractivity (Wildman–Crippen MR) is 88.0 cm³/mol. The topological polar surface area (TPSA) is 57.7 Å². The average Bonchev–Trinajstić information content (AvgIpc) is 2.87. The number of hydrogen-bond donors (Lipinski definition) is 0. The number of fused-ring (bicyclic) bond motifs is 1. The van der Waals surface area contributed by atoms with Gasteiger partial charge in [-0.25, -0.2) is 12.8 Å².